The van der Waals surface area contributed by atoms with E-state index < -0.39 is 6.10 Å². The molecule has 1 aromatic carbocycles. The van der Waals surface area contributed by atoms with Crippen molar-refractivity contribution in [3.63, 3.8) is 0 Å². The molecule has 1 unspecified atom stereocenters. The summed E-state index contributed by atoms with van der Waals surface area (Å²) in [5.74, 6) is 1.15. The first-order chi connectivity index (χ1) is 7.15. The van der Waals surface area contributed by atoms with Crippen LogP contribution >= 0.6 is 0 Å². The van der Waals surface area contributed by atoms with Crippen LogP contribution in [-0.2, 0) is 0 Å². The zero-order valence-corrected chi connectivity index (χ0v) is 9.28. The minimum Gasteiger partial charge on any atom is -0.493 e. The number of ether oxygens (including phenoxy) is 2. The number of methoxy groups -OCH3 is 2. The lowest BCUT2D eigenvalue weighted by Crippen LogP contribution is -2.14. The van der Waals surface area contributed by atoms with Crippen molar-refractivity contribution in [1.29, 1.82) is 0 Å². The van der Waals surface area contributed by atoms with Crippen LogP contribution in [0.5, 0.6) is 11.5 Å². The van der Waals surface area contributed by atoms with E-state index in [0.29, 0.717) is 17.1 Å². The predicted molar refractivity (Wildman–Crippen MR) is 58.3 cm³/mol. The highest BCUT2D eigenvalue weighted by molar-refractivity contribution is 5.51. The molecule has 0 aliphatic rings. The van der Waals surface area contributed by atoms with Crippen LogP contribution in [0.2, 0.25) is 0 Å². The summed E-state index contributed by atoms with van der Waals surface area (Å²) < 4.78 is 10.4. The molecule has 0 saturated carbocycles. The SMILES string of the molecule is COc1ccc(C)c(C(O)CN)c1OC. The van der Waals surface area contributed by atoms with Gasteiger partial charge in [-0.15, -0.1) is 0 Å². The first kappa shape index (κ1) is 11.8. The molecule has 1 aromatic rings. The third-order valence-electron chi connectivity index (χ3n) is 2.36. The normalized spacial score (nSPS) is 12.3. The van der Waals surface area contributed by atoms with Crippen molar-refractivity contribution in [3.05, 3.63) is 23.3 Å². The van der Waals surface area contributed by atoms with E-state index in [1.54, 1.807) is 20.3 Å². The van der Waals surface area contributed by atoms with Crippen LogP contribution in [0.15, 0.2) is 12.1 Å². The lowest BCUT2D eigenvalue weighted by Gasteiger charge is -2.18. The Balaban J connectivity index is 3.31. The molecule has 0 fully saturated rings. The Kier molecular flexibility index (Phi) is 3.94. The zero-order chi connectivity index (χ0) is 11.4. The fourth-order valence-electron chi connectivity index (χ4n) is 1.58. The minimum atomic E-state index is -0.727. The Morgan fingerprint density at radius 2 is 2.00 bits per heavy atom. The van der Waals surface area contributed by atoms with E-state index >= 15 is 0 Å². The van der Waals surface area contributed by atoms with E-state index in [1.807, 2.05) is 13.0 Å². The van der Waals surface area contributed by atoms with Crippen molar-refractivity contribution in [3.8, 4) is 11.5 Å². The van der Waals surface area contributed by atoms with E-state index in [9.17, 15) is 5.11 Å². The van der Waals surface area contributed by atoms with Gasteiger partial charge in [0.1, 0.15) is 0 Å². The van der Waals surface area contributed by atoms with E-state index in [0.717, 1.165) is 5.56 Å². The molecule has 0 aliphatic carbocycles. The maximum Gasteiger partial charge on any atom is 0.166 e. The Morgan fingerprint density at radius 3 is 2.47 bits per heavy atom. The Bertz CT molecular complexity index is 339. The highest BCUT2D eigenvalue weighted by Crippen LogP contribution is 2.36. The summed E-state index contributed by atoms with van der Waals surface area (Å²) in [5, 5.41) is 9.78. The van der Waals surface area contributed by atoms with Gasteiger partial charge in [-0.2, -0.15) is 0 Å². The molecule has 1 atom stereocenters. The Labute approximate surface area is 89.6 Å². The zero-order valence-electron chi connectivity index (χ0n) is 9.28. The summed E-state index contributed by atoms with van der Waals surface area (Å²) in [6.07, 6.45) is -0.727. The highest BCUT2D eigenvalue weighted by atomic mass is 16.5. The van der Waals surface area contributed by atoms with Crippen LogP contribution in [0.25, 0.3) is 0 Å². The minimum absolute atomic E-state index is 0.157. The number of aliphatic hydroxyl groups is 1. The van der Waals surface area contributed by atoms with Gasteiger partial charge in [0.25, 0.3) is 0 Å². The average Bonchev–Trinajstić information content (AvgIpc) is 2.27. The number of hydrogen-bond acceptors (Lipinski definition) is 4. The standard InChI is InChI=1S/C11H17NO3/c1-7-4-5-9(14-2)11(15-3)10(7)8(13)6-12/h4-5,8,13H,6,12H2,1-3H3. The van der Waals surface area contributed by atoms with Gasteiger partial charge in [-0.3, -0.25) is 0 Å². The molecule has 84 valence electrons. The predicted octanol–water partition coefficient (Wildman–Crippen LogP) is 1.00. The molecular weight excluding hydrogens is 194 g/mol. The summed E-state index contributed by atoms with van der Waals surface area (Å²) >= 11 is 0. The van der Waals surface area contributed by atoms with Gasteiger partial charge in [0.15, 0.2) is 11.5 Å². The van der Waals surface area contributed by atoms with Crippen LogP contribution in [0.3, 0.4) is 0 Å². The topological polar surface area (TPSA) is 64.7 Å². The van der Waals surface area contributed by atoms with E-state index in [-0.39, 0.29) is 6.54 Å². The Hall–Kier alpha value is -1.26. The van der Waals surface area contributed by atoms with E-state index in [1.165, 1.54) is 0 Å². The van der Waals surface area contributed by atoms with Gasteiger partial charge in [0.2, 0.25) is 0 Å². The van der Waals surface area contributed by atoms with Crippen molar-refractivity contribution in [2.24, 2.45) is 5.73 Å². The summed E-state index contributed by atoms with van der Waals surface area (Å²) in [4.78, 5) is 0. The van der Waals surface area contributed by atoms with Gasteiger partial charge < -0.3 is 20.3 Å². The van der Waals surface area contributed by atoms with Crippen molar-refractivity contribution < 1.29 is 14.6 Å². The quantitative estimate of drug-likeness (QED) is 0.780. The van der Waals surface area contributed by atoms with Crippen molar-refractivity contribution in [2.75, 3.05) is 20.8 Å². The number of nitrogens with two attached hydrogens (primary N) is 1. The van der Waals surface area contributed by atoms with Gasteiger partial charge >= 0.3 is 0 Å². The number of aryl methyl sites for hydroxylation is 1. The molecule has 15 heavy (non-hydrogen) atoms. The van der Waals surface area contributed by atoms with Gasteiger partial charge in [-0.1, -0.05) is 6.07 Å². The Morgan fingerprint density at radius 1 is 1.33 bits per heavy atom. The number of aliphatic hydroxyl groups excluding tert-OH is 1. The van der Waals surface area contributed by atoms with Crippen molar-refractivity contribution >= 4 is 0 Å². The third kappa shape index (κ3) is 2.22. The summed E-state index contributed by atoms with van der Waals surface area (Å²) in [5.41, 5.74) is 7.07. The molecule has 3 N–H and O–H groups in total. The highest BCUT2D eigenvalue weighted by Gasteiger charge is 2.18. The lowest BCUT2D eigenvalue weighted by molar-refractivity contribution is 0.180. The van der Waals surface area contributed by atoms with E-state index in [2.05, 4.69) is 0 Å². The molecule has 4 nitrogen and oxygen atoms in total. The maximum absolute atomic E-state index is 9.78. The second kappa shape index (κ2) is 5.00. The largest absolute Gasteiger partial charge is 0.493 e. The van der Waals surface area contributed by atoms with Crippen molar-refractivity contribution in [2.45, 2.75) is 13.0 Å². The van der Waals surface area contributed by atoms with Gasteiger partial charge in [-0.05, 0) is 18.6 Å². The van der Waals surface area contributed by atoms with Crippen molar-refractivity contribution in [1.82, 2.24) is 0 Å². The monoisotopic (exact) mass is 211 g/mol. The van der Waals surface area contributed by atoms with Gasteiger partial charge in [0.05, 0.1) is 20.3 Å². The molecular formula is C11H17NO3. The molecule has 0 radical (unpaired) electrons. The van der Waals surface area contributed by atoms with Gasteiger partial charge in [0, 0.05) is 12.1 Å². The molecule has 4 heteroatoms. The average molecular weight is 211 g/mol. The van der Waals surface area contributed by atoms with Crippen LogP contribution in [0.4, 0.5) is 0 Å². The number of benzene rings is 1. The smallest absolute Gasteiger partial charge is 0.166 e. The molecule has 0 saturated heterocycles. The molecule has 0 amide bonds. The van der Waals surface area contributed by atoms with Gasteiger partial charge in [-0.25, -0.2) is 0 Å². The lowest BCUT2D eigenvalue weighted by atomic mass is 10.0. The summed E-state index contributed by atoms with van der Waals surface area (Å²) in [6.45, 7) is 2.06. The molecule has 1 rings (SSSR count). The summed E-state index contributed by atoms with van der Waals surface area (Å²) in [6, 6.07) is 3.68. The van der Waals surface area contributed by atoms with Crippen LogP contribution in [-0.4, -0.2) is 25.9 Å². The first-order valence-corrected chi connectivity index (χ1v) is 4.75. The second-order valence-electron chi connectivity index (χ2n) is 3.28. The first-order valence-electron chi connectivity index (χ1n) is 4.75. The third-order valence-corrected chi connectivity index (χ3v) is 2.36. The fraction of sp³-hybridized carbons (Fsp3) is 0.455. The molecule has 0 heterocycles. The maximum atomic E-state index is 9.78. The van der Waals surface area contributed by atoms with E-state index in [4.69, 9.17) is 15.2 Å². The molecule has 0 aromatic heterocycles. The fourth-order valence-corrected chi connectivity index (χ4v) is 1.58. The molecule has 0 bridgehead atoms. The second-order valence-corrected chi connectivity index (χ2v) is 3.28. The molecule has 0 spiro atoms. The van der Waals surface area contributed by atoms with Crippen LogP contribution in [0.1, 0.15) is 17.2 Å². The van der Waals surface area contributed by atoms with Crippen LogP contribution in [0, 0.1) is 6.92 Å². The molecule has 0 aliphatic heterocycles. The van der Waals surface area contributed by atoms with Crippen LogP contribution < -0.4 is 15.2 Å². The summed E-state index contributed by atoms with van der Waals surface area (Å²) in [7, 11) is 3.11. The number of hydrogen-bond donors (Lipinski definition) is 2. The number of rotatable bonds is 4.